The van der Waals surface area contributed by atoms with E-state index < -0.39 is 0 Å². The third-order valence-corrected chi connectivity index (χ3v) is 5.57. The Morgan fingerprint density at radius 2 is 2.38 bits per heavy atom. The number of carbonyl (C=O) groups is 1. The molecule has 0 radical (unpaired) electrons. The van der Waals surface area contributed by atoms with Gasteiger partial charge >= 0.3 is 0 Å². The minimum absolute atomic E-state index is 0.0763. The Balaban J connectivity index is 1.59. The van der Waals surface area contributed by atoms with Gasteiger partial charge in [-0.05, 0) is 6.42 Å². The lowest BCUT2D eigenvalue weighted by Crippen LogP contribution is -2.50. The third kappa shape index (κ3) is 4.38. The molecule has 0 aromatic carbocycles. The summed E-state index contributed by atoms with van der Waals surface area (Å²) in [4.78, 5) is 21.1. The van der Waals surface area contributed by atoms with Crippen molar-refractivity contribution in [2.75, 3.05) is 13.2 Å². The van der Waals surface area contributed by atoms with E-state index in [0.717, 1.165) is 17.1 Å². The first-order valence-electron chi connectivity index (χ1n) is 7.96. The van der Waals surface area contributed by atoms with E-state index in [-0.39, 0.29) is 18.1 Å². The fourth-order valence-corrected chi connectivity index (χ4v) is 3.81. The molecule has 8 heteroatoms. The number of rotatable bonds is 6. The van der Waals surface area contributed by atoms with E-state index >= 15 is 0 Å². The van der Waals surface area contributed by atoms with Gasteiger partial charge in [0, 0.05) is 23.3 Å². The van der Waals surface area contributed by atoms with Gasteiger partial charge in [0.1, 0.15) is 5.69 Å². The second-order valence-electron chi connectivity index (χ2n) is 6.00. The minimum atomic E-state index is -0.172. The quantitative estimate of drug-likeness (QED) is 0.850. The van der Waals surface area contributed by atoms with E-state index in [0.29, 0.717) is 31.4 Å². The molecule has 1 amide bonds. The molecule has 2 atom stereocenters. The fourth-order valence-electron chi connectivity index (χ4n) is 2.45. The standard InChI is InChI=1S/C16H21N3O3S2/c1-10(2)16-19-13(8-24-16)15(20)18-12-6-21-4-3-14(12)22-5-11-7-23-9-17-11/h7-10,12,14H,3-6H2,1-2H3,(H,18,20)/t12-,14+/m1/s1. The first-order valence-corrected chi connectivity index (χ1v) is 9.78. The maximum absolute atomic E-state index is 12.4. The average molecular weight is 367 g/mol. The molecular weight excluding hydrogens is 346 g/mol. The van der Waals surface area contributed by atoms with Crippen LogP contribution in [0.4, 0.5) is 0 Å². The Bertz CT molecular complexity index is 657. The molecule has 1 aliphatic heterocycles. The normalized spacial score (nSPS) is 21.1. The minimum Gasteiger partial charge on any atom is -0.379 e. The molecule has 6 nitrogen and oxygen atoms in total. The molecule has 3 rings (SSSR count). The Labute approximate surface area is 149 Å². The van der Waals surface area contributed by atoms with Crippen LogP contribution in [0.3, 0.4) is 0 Å². The van der Waals surface area contributed by atoms with Gasteiger partial charge in [0.25, 0.3) is 5.91 Å². The zero-order valence-corrected chi connectivity index (χ0v) is 15.4. The molecule has 0 unspecified atom stereocenters. The Kier molecular flexibility index (Phi) is 5.94. The van der Waals surface area contributed by atoms with Crippen LogP contribution in [0.5, 0.6) is 0 Å². The number of nitrogens with zero attached hydrogens (tertiary/aromatic N) is 2. The molecule has 1 N–H and O–H groups in total. The summed E-state index contributed by atoms with van der Waals surface area (Å²) in [6.45, 7) is 5.68. The van der Waals surface area contributed by atoms with Crippen LogP contribution in [0.25, 0.3) is 0 Å². The van der Waals surface area contributed by atoms with E-state index in [1.165, 1.54) is 11.3 Å². The van der Waals surface area contributed by atoms with Crippen LogP contribution in [-0.4, -0.2) is 41.2 Å². The van der Waals surface area contributed by atoms with E-state index in [1.54, 1.807) is 22.2 Å². The average Bonchev–Trinajstić information content (AvgIpc) is 3.26. The van der Waals surface area contributed by atoms with Gasteiger partial charge in [0.15, 0.2) is 0 Å². The van der Waals surface area contributed by atoms with Gasteiger partial charge in [-0.1, -0.05) is 13.8 Å². The van der Waals surface area contributed by atoms with Crippen molar-refractivity contribution in [3.05, 3.63) is 32.7 Å². The predicted molar refractivity (Wildman–Crippen MR) is 93.6 cm³/mol. The SMILES string of the molecule is CC(C)c1nc(C(=O)N[C@@H]2COCC[C@@H]2OCc2cscn2)cs1. The summed E-state index contributed by atoms with van der Waals surface area (Å²) >= 11 is 3.06. The third-order valence-electron chi connectivity index (χ3n) is 3.79. The van der Waals surface area contributed by atoms with Crippen LogP contribution < -0.4 is 5.32 Å². The van der Waals surface area contributed by atoms with Crippen LogP contribution in [0.2, 0.25) is 0 Å². The van der Waals surface area contributed by atoms with Crippen LogP contribution >= 0.6 is 22.7 Å². The summed E-state index contributed by atoms with van der Waals surface area (Å²) in [6.07, 6.45) is 0.677. The van der Waals surface area contributed by atoms with Gasteiger partial charge in [0.2, 0.25) is 0 Å². The number of nitrogens with one attached hydrogen (secondary N) is 1. The number of aromatic nitrogens is 2. The van der Waals surface area contributed by atoms with E-state index in [1.807, 2.05) is 5.38 Å². The highest BCUT2D eigenvalue weighted by molar-refractivity contribution is 7.10. The smallest absolute Gasteiger partial charge is 0.271 e. The van der Waals surface area contributed by atoms with Crippen molar-refractivity contribution in [1.82, 2.24) is 15.3 Å². The highest BCUT2D eigenvalue weighted by Crippen LogP contribution is 2.20. The number of amides is 1. The molecular formula is C16H21N3O3S2. The lowest BCUT2D eigenvalue weighted by Gasteiger charge is -2.31. The highest BCUT2D eigenvalue weighted by Gasteiger charge is 2.29. The molecule has 0 saturated carbocycles. The van der Waals surface area contributed by atoms with Crippen molar-refractivity contribution in [1.29, 1.82) is 0 Å². The number of ether oxygens (including phenoxy) is 2. The molecule has 1 aliphatic rings. The second-order valence-corrected chi connectivity index (χ2v) is 7.61. The molecule has 1 saturated heterocycles. The molecule has 0 bridgehead atoms. The van der Waals surface area contributed by atoms with Gasteiger partial charge in [-0.15, -0.1) is 22.7 Å². The maximum atomic E-state index is 12.4. The van der Waals surface area contributed by atoms with Crippen molar-refractivity contribution in [3.63, 3.8) is 0 Å². The molecule has 1 fully saturated rings. The number of hydrogen-bond donors (Lipinski definition) is 1. The van der Waals surface area contributed by atoms with Gasteiger partial charge in [-0.25, -0.2) is 9.97 Å². The molecule has 24 heavy (non-hydrogen) atoms. The van der Waals surface area contributed by atoms with Gasteiger partial charge in [-0.3, -0.25) is 4.79 Å². The van der Waals surface area contributed by atoms with Gasteiger partial charge in [-0.2, -0.15) is 0 Å². The van der Waals surface area contributed by atoms with E-state index in [4.69, 9.17) is 9.47 Å². The summed E-state index contributed by atoms with van der Waals surface area (Å²) < 4.78 is 11.5. The van der Waals surface area contributed by atoms with E-state index in [2.05, 4.69) is 29.1 Å². The van der Waals surface area contributed by atoms with Crippen molar-refractivity contribution < 1.29 is 14.3 Å². The summed E-state index contributed by atoms with van der Waals surface area (Å²) in [5, 5.41) is 7.75. The largest absolute Gasteiger partial charge is 0.379 e. The van der Waals surface area contributed by atoms with Crippen molar-refractivity contribution in [2.24, 2.45) is 0 Å². The second kappa shape index (κ2) is 8.15. The first kappa shape index (κ1) is 17.5. The Morgan fingerprint density at radius 1 is 1.50 bits per heavy atom. The van der Waals surface area contributed by atoms with Crippen LogP contribution in [-0.2, 0) is 16.1 Å². The number of carbonyl (C=O) groups excluding carboxylic acids is 1. The van der Waals surface area contributed by atoms with Crippen molar-refractivity contribution in [2.45, 2.75) is 44.9 Å². The Morgan fingerprint density at radius 3 is 3.08 bits per heavy atom. The summed E-state index contributed by atoms with van der Waals surface area (Å²) in [6, 6.07) is -0.172. The van der Waals surface area contributed by atoms with Gasteiger partial charge < -0.3 is 14.8 Å². The molecule has 3 heterocycles. The number of thiazole rings is 2. The van der Waals surface area contributed by atoms with Crippen LogP contribution in [0.1, 0.15) is 47.4 Å². The highest BCUT2D eigenvalue weighted by atomic mass is 32.1. The summed E-state index contributed by atoms with van der Waals surface area (Å²) in [5.41, 5.74) is 3.17. The van der Waals surface area contributed by atoms with Gasteiger partial charge in [0.05, 0.1) is 41.6 Å². The lowest BCUT2D eigenvalue weighted by molar-refractivity contribution is -0.0612. The molecule has 2 aromatic heterocycles. The monoisotopic (exact) mass is 367 g/mol. The summed E-state index contributed by atoms with van der Waals surface area (Å²) in [7, 11) is 0. The van der Waals surface area contributed by atoms with Crippen molar-refractivity contribution in [3.8, 4) is 0 Å². The predicted octanol–water partition coefficient (Wildman–Crippen LogP) is 2.83. The topological polar surface area (TPSA) is 73.3 Å². The fraction of sp³-hybridized carbons (Fsp3) is 0.562. The molecule has 130 valence electrons. The zero-order chi connectivity index (χ0) is 16.9. The zero-order valence-electron chi connectivity index (χ0n) is 13.7. The number of hydrogen-bond acceptors (Lipinski definition) is 7. The Hall–Kier alpha value is -1.35. The maximum Gasteiger partial charge on any atom is 0.271 e. The molecule has 0 spiro atoms. The summed E-state index contributed by atoms with van der Waals surface area (Å²) in [5.74, 6) is 0.152. The lowest BCUT2D eigenvalue weighted by atomic mass is 10.1. The van der Waals surface area contributed by atoms with Crippen LogP contribution in [0, 0.1) is 0 Å². The van der Waals surface area contributed by atoms with Crippen molar-refractivity contribution >= 4 is 28.6 Å². The first-order chi connectivity index (χ1) is 11.6. The van der Waals surface area contributed by atoms with E-state index in [9.17, 15) is 4.79 Å². The molecule has 2 aromatic rings. The van der Waals surface area contributed by atoms with Crippen LogP contribution in [0.15, 0.2) is 16.3 Å². The molecule has 0 aliphatic carbocycles.